The van der Waals surface area contributed by atoms with Crippen LogP contribution in [0.4, 0.5) is 9.59 Å². The highest BCUT2D eigenvalue weighted by atomic mass is 16.5. The van der Waals surface area contributed by atoms with E-state index >= 15 is 0 Å². The van der Waals surface area contributed by atoms with E-state index in [4.69, 9.17) is 4.74 Å². The number of nitrogens with one attached hydrogen (secondary N) is 4. The van der Waals surface area contributed by atoms with Gasteiger partial charge >= 0.3 is 12.1 Å². The number of urea groups is 2. The SMILES string of the molecule is COc1ccc([C@H](NC(=O)CCN2C(=O)N[C@@H]3NC(=O)N[C@H]32)c2ccccc2)cc1. The van der Waals surface area contributed by atoms with Crippen molar-refractivity contribution in [3.05, 3.63) is 65.7 Å². The molecule has 2 heterocycles. The third kappa shape index (κ3) is 4.00. The molecule has 9 nitrogen and oxygen atoms in total. The average molecular weight is 409 g/mol. The normalized spacial score (nSPS) is 20.6. The number of ether oxygens (including phenoxy) is 1. The summed E-state index contributed by atoms with van der Waals surface area (Å²) in [7, 11) is 1.60. The number of methoxy groups -OCH3 is 1. The van der Waals surface area contributed by atoms with E-state index in [9.17, 15) is 14.4 Å². The summed E-state index contributed by atoms with van der Waals surface area (Å²) < 4.78 is 5.22. The Hall–Kier alpha value is -3.75. The zero-order valence-corrected chi connectivity index (χ0v) is 16.4. The van der Waals surface area contributed by atoms with Crippen LogP contribution in [0.2, 0.25) is 0 Å². The van der Waals surface area contributed by atoms with Crippen molar-refractivity contribution in [1.29, 1.82) is 0 Å². The van der Waals surface area contributed by atoms with Crippen LogP contribution in [0.1, 0.15) is 23.6 Å². The standard InChI is InChI=1S/C21H23N5O4/c1-30-15-9-7-14(8-10-15)17(13-5-3-2-4-6-13)22-16(27)11-12-26-19-18(24-21(26)29)23-20(28)25-19/h2-10,17-19H,11-12H2,1H3,(H,22,27)(H,24,29)(H2,23,25,28)/t17-,18+,19+/m1/s1. The third-order valence-electron chi connectivity index (χ3n) is 5.22. The quantitative estimate of drug-likeness (QED) is 0.552. The van der Waals surface area contributed by atoms with Crippen LogP contribution in [0.3, 0.4) is 0 Å². The molecule has 4 rings (SSSR count). The van der Waals surface area contributed by atoms with Gasteiger partial charge in [-0.2, -0.15) is 0 Å². The summed E-state index contributed by atoms with van der Waals surface area (Å²) in [5, 5.41) is 11.0. The fraction of sp³-hybridized carbons (Fsp3) is 0.286. The van der Waals surface area contributed by atoms with Crippen LogP contribution in [0.15, 0.2) is 54.6 Å². The van der Waals surface area contributed by atoms with Crippen molar-refractivity contribution >= 4 is 18.0 Å². The lowest BCUT2D eigenvalue weighted by atomic mass is 9.98. The Labute approximate surface area is 173 Å². The van der Waals surface area contributed by atoms with E-state index in [1.54, 1.807) is 7.11 Å². The molecule has 0 saturated carbocycles. The number of benzene rings is 2. The predicted octanol–water partition coefficient (Wildman–Crippen LogP) is 1.28. The van der Waals surface area contributed by atoms with Crippen molar-refractivity contribution < 1.29 is 19.1 Å². The van der Waals surface area contributed by atoms with Crippen molar-refractivity contribution in [3.8, 4) is 5.75 Å². The molecule has 0 bridgehead atoms. The number of hydrogen-bond acceptors (Lipinski definition) is 4. The van der Waals surface area contributed by atoms with Gasteiger partial charge in [0.1, 0.15) is 18.1 Å². The summed E-state index contributed by atoms with van der Waals surface area (Å²) in [5.74, 6) is 0.534. The molecule has 0 radical (unpaired) electrons. The summed E-state index contributed by atoms with van der Waals surface area (Å²) in [6, 6.07) is 16.2. The molecule has 2 aromatic carbocycles. The Morgan fingerprint density at radius 1 is 1.03 bits per heavy atom. The van der Waals surface area contributed by atoms with E-state index in [0.29, 0.717) is 0 Å². The highest BCUT2D eigenvalue weighted by Crippen LogP contribution is 2.24. The number of rotatable bonds is 7. The summed E-state index contributed by atoms with van der Waals surface area (Å²) in [5.41, 5.74) is 1.86. The summed E-state index contributed by atoms with van der Waals surface area (Å²) in [6.07, 6.45) is -0.875. The maximum Gasteiger partial charge on any atom is 0.320 e. The Kier molecular flexibility index (Phi) is 5.42. The Bertz CT molecular complexity index is 934. The van der Waals surface area contributed by atoms with Crippen LogP contribution >= 0.6 is 0 Å². The first-order valence-electron chi connectivity index (χ1n) is 9.67. The highest BCUT2D eigenvalue weighted by Gasteiger charge is 2.45. The zero-order chi connectivity index (χ0) is 21.1. The van der Waals surface area contributed by atoms with Gasteiger partial charge in [-0.25, -0.2) is 9.59 Å². The van der Waals surface area contributed by atoms with E-state index in [-0.39, 0.29) is 37.0 Å². The smallest absolute Gasteiger partial charge is 0.320 e. The molecule has 2 aromatic rings. The lowest BCUT2D eigenvalue weighted by molar-refractivity contribution is -0.121. The second kappa shape index (κ2) is 8.32. The third-order valence-corrected chi connectivity index (χ3v) is 5.22. The fourth-order valence-electron chi connectivity index (χ4n) is 3.69. The highest BCUT2D eigenvalue weighted by molar-refractivity contribution is 5.85. The minimum absolute atomic E-state index is 0.103. The van der Waals surface area contributed by atoms with Crippen LogP contribution in [0.25, 0.3) is 0 Å². The minimum atomic E-state index is -0.496. The fourth-order valence-corrected chi connectivity index (χ4v) is 3.69. The monoisotopic (exact) mass is 409 g/mol. The van der Waals surface area contributed by atoms with Gasteiger partial charge in [-0.1, -0.05) is 42.5 Å². The number of amides is 5. The first-order chi connectivity index (χ1) is 14.5. The predicted molar refractivity (Wildman–Crippen MR) is 109 cm³/mol. The largest absolute Gasteiger partial charge is 0.497 e. The van der Waals surface area contributed by atoms with Gasteiger partial charge in [0.05, 0.1) is 13.2 Å². The number of carbonyl (C=O) groups is 3. The molecular weight excluding hydrogens is 386 g/mol. The molecular formula is C21H23N5O4. The van der Waals surface area contributed by atoms with Crippen LogP contribution in [-0.2, 0) is 4.79 Å². The van der Waals surface area contributed by atoms with Crippen LogP contribution < -0.4 is 26.0 Å². The van der Waals surface area contributed by atoms with E-state index in [1.165, 1.54) is 4.90 Å². The molecule has 2 aliphatic rings. The molecule has 0 spiro atoms. The van der Waals surface area contributed by atoms with Gasteiger partial charge in [-0.3, -0.25) is 9.69 Å². The summed E-state index contributed by atoms with van der Waals surface area (Å²) in [4.78, 5) is 37.8. The lowest BCUT2D eigenvalue weighted by Crippen LogP contribution is -2.45. The van der Waals surface area contributed by atoms with Gasteiger partial charge in [-0.15, -0.1) is 0 Å². The number of nitrogens with zero attached hydrogens (tertiary/aromatic N) is 1. The van der Waals surface area contributed by atoms with Crippen molar-refractivity contribution in [2.75, 3.05) is 13.7 Å². The van der Waals surface area contributed by atoms with E-state index in [0.717, 1.165) is 16.9 Å². The number of fused-ring (bicyclic) bond motifs is 1. The molecule has 0 aliphatic carbocycles. The molecule has 2 saturated heterocycles. The summed E-state index contributed by atoms with van der Waals surface area (Å²) >= 11 is 0. The van der Waals surface area contributed by atoms with Gasteiger partial charge < -0.3 is 26.0 Å². The molecule has 4 N–H and O–H groups in total. The van der Waals surface area contributed by atoms with Gasteiger partial charge in [0.15, 0.2) is 0 Å². The Morgan fingerprint density at radius 3 is 2.43 bits per heavy atom. The molecule has 5 amide bonds. The van der Waals surface area contributed by atoms with Gasteiger partial charge in [0.2, 0.25) is 5.91 Å². The van der Waals surface area contributed by atoms with Crippen LogP contribution in [0, 0.1) is 0 Å². The van der Waals surface area contributed by atoms with Crippen molar-refractivity contribution in [1.82, 2.24) is 26.2 Å². The second-order valence-electron chi connectivity index (χ2n) is 7.12. The molecule has 30 heavy (non-hydrogen) atoms. The first kappa shape index (κ1) is 19.6. The molecule has 3 atom stereocenters. The molecule has 0 aromatic heterocycles. The molecule has 2 aliphatic heterocycles. The Balaban J connectivity index is 1.44. The summed E-state index contributed by atoms with van der Waals surface area (Å²) in [6.45, 7) is 0.185. The van der Waals surface area contributed by atoms with Crippen LogP contribution in [-0.4, -0.2) is 48.9 Å². The molecule has 0 unspecified atom stereocenters. The second-order valence-corrected chi connectivity index (χ2v) is 7.12. The topological polar surface area (TPSA) is 112 Å². The van der Waals surface area contributed by atoms with Crippen LogP contribution in [0.5, 0.6) is 5.75 Å². The van der Waals surface area contributed by atoms with Gasteiger partial charge in [0.25, 0.3) is 0 Å². The number of carbonyl (C=O) groups excluding carboxylic acids is 3. The molecule has 156 valence electrons. The van der Waals surface area contributed by atoms with Gasteiger partial charge in [0, 0.05) is 13.0 Å². The number of hydrogen-bond donors (Lipinski definition) is 4. The van der Waals surface area contributed by atoms with E-state index in [2.05, 4.69) is 21.3 Å². The Morgan fingerprint density at radius 2 is 1.73 bits per heavy atom. The van der Waals surface area contributed by atoms with E-state index in [1.807, 2.05) is 54.6 Å². The van der Waals surface area contributed by atoms with E-state index < -0.39 is 12.3 Å². The molecule has 9 heteroatoms. The average Bonchev–Trinajstić information content (AvgIpc) is 3.25. The molecule has 2 fully saturated rings. The minimum Gasteiger partial charge on any atom is -0.497 e. The van der Waals surface area contributed by atoms with Crippen molar-refractivity contribution in [2.24, 2.45) is 0 Å². The van der Waals surface area contributed by atoms with Crippen molar-refractivity contribution in [3.63, 3.8) is 0 Å². The first-order valence-corrected chi connectivity index (χ1v) is 9.67. The van der Waals surface area contributed by atoms with Crippen molar-refractivity contribution in [2.45, 2.75) is 24.8 Å². The zero-order valence-electron chi connectivity index (χ0n) is 16.4. The maximum absolute atomic E-state index is 12.7. The lowest BCUT2D eigenvalue weighted by Gasteiger charge is -2.23. The maximum atomic E-state index is 12.7. The van der Waals surface area contributed by atoms with Gasteiger partial charge in [-0.05, 0) is 23.3 Å².